The molecule has 1 atom stereocenters. The van der Waals surface area contributed by atoms with Crippen LogP contribution < -0.4 is 20.7 Å². The van der Waals surface area contributed by atoms with Gasteiger partial charge in [-0.25, -0.2) is 4.99 Å². The molecule has 0 aliphatic carbocycles. The summed E-state index contributed by atoms with van der Waals surface area (Å²) < 4.78 is 5.11. The third-order valence-electron chi connectivity index (χ3n) is 3.89. The smallest absolute Gasteiger partial charge is 0.245 e. The number of amides is 2. The molecule has 3 N–H and O–H groups in total. The molecule has 0 spiro atoms. The third kappa shape index (κ3) is 4.60. The first-order valence-corrected chi connectivity index (χ1v) is 8.24. The lowest BCUT2D eigenvalue weighted by molar-refractivity contribution is -0.127. The van der Waals surface area contributed by atoms with Crippen molar-refractivity contribution < 1.29 is 14.3 Å². The minimum absolute atomic E-state index is 0.0222. The van der Waals surface area contributed by atoms with Gasteiger partial charge in [-0.1, -0.05) is 30.3 Å². The first kappa shape index (κ1) is 17.5. The molecule has 2 aromatic carbocycles. The lowest BCUT2D eigenvalue weighted by atomic mass is 10.1. The van der Waals surface area contributed by atoms with Gasteiger partial charge in [0.1, 0.15) is 11.8 Å². The van der Waals surface area contributed by atoms with Gasteiger partial charge in [0.2, 0.25) is 17.8 Å². The highest BCUT2D eigenvalue weighted by Crippen LogP contribution is 2.15. The molecule has 1 heterocycles. The van der Waals surface area contributed by atoms with Crippen molar-refractivity contribution in [3.8, 4) is 5.75 Å². The summed E-state index contributed by atoms with van der Waals surface area (Å²) >= 11 is 0. The van der Waals surface area contributed by atoms with Gasteiger partial charge in [0.05, 0.1) is 13.5 Å². The largest absolute Gasteiger partial charge is 0.497 e. The number of benzene rings is 2. The van der Waals surface area contributed by atoms with Crippen LogP contribution >= 0.6 is 0 Å². The fraction of sp³-hybridized carbons (Fsp3) is 0.211. The molecule has 134 valence electrons. The molecule has 2 aromatic rings. The van der Waals surface area contributed by atoms with Crippen LogP contribution in [0.2, 0.25) is 0 Å². The molecular weight excluding hydrogens is 332 g/mol. The zero-order valence-corrected chi connectivity index (χ0v) is 14.4. The van der Waals surface area contributed by atoms with E-state index in [0.29, 0.717) is 6.54 Å². The Morgan fingerprint density at radius 3 is 2.62 bits per heavy atom. The van der Waals surface area contributed by atoms with Crippen LogP contribution in [0.1, 0.15) is 12.0 Å². The summed E-state index contributed by atoms with van der Waals surface area (Å²) in [6.45, 7) is 0.397. The normalized spacial score (nSPS) is 16.3. The molecule has 3 rings (SSSR count). The number of hydrogen-bond acceptors (Lipinski definition) is 5. The van der Waals surface area contributed by atoms with E-state index < -0.39 is 6.04 Å². The Hall–Kier alpha value is -3.35. The number of carbonyl (C=O) groups excluding carboxylic acids is 2. The fourth-order valence-electron chi connectivity index (χ4n) is 2.52. The summed E-state index contributed by atoms with van der Waals surface area (Å²) in [7, 11) is 1.59. The van der Waals surface area contributed by atoms with Crippen molar-refractivity contribution in [1.82, 2.24) is 10.6 Å². The lowest BCUT2D eigenvalue weighted by Gasteiger charge is -2.21. The van der Waals surface area contributed by atoms with Gasteiger partial charge < -0.3 is 15.4 Å². The average Bonchev–Trinajstić information content (AvgIpc) is 2.67. The zero-order chi connectivity index (χ0) is 18.4. The highest BCUT2D eigenvalue weighted by Gasteiger charge is 2.26. The number of guanidine groups is 1. The summed E-state index contributed by atoms with van der Waals surface area (Å²) in [6.07, 6.45) is 0.0222. The van der Waals surface area contributed by atoms with E-state index in [4.69, 9.17) is 4.74 Å². The first-order chi connectivity index (χ1) is 12.6. The second-order valence-electron chi connectivity index (χ2n) is 5.80. The molecule has 0 saturated carbocycles. The van der Waals surface area contributed by atoms with Crippen molar-refractivity contribution in [2.24, 2.45) is 4.99 Å². The molecule has 0 unspecified atom stereocenters. The van der Waals surface area contributed by atoms with Crippen molar-refractivity contribution in [2.75, 3.05) is 12.4 Å². The van der Waals surface area contributed by atoms with Gasteiger partial charge in [-0.05, 0) is 29.8 Å². The molecule has 2 amide bonds. The Balaban J connectivity index is 1.63. The second kappa shape index (κ2) is 8.15. The number of nitrogens with one attached hydrogen (secondary N) is 3. The highest BCUT2D eigenvalue weighted by atomic mass is 16.5. The summed E-state index contributed by atoms with van der Waals surface area (Å²) in [6, 6.07) is 16.0. The number of hydrogen-bond donors (Lipinski definition) is 3. The van der Waals surface area contributed by atoms with Crippen molar-refractivity contribution in [1.29, 1.82) is 0 Å². The van der Waals surface area contributed by atoms with Crippen LogP contribution in [0.25, 0.3) is 0 Å². The maximum atomic E-state index is 12.4. The van der Waals surface area contributed by atoms with Gasteiger partial charge in [0.25, 0.3) is 0 Å². The van der Waals surface area contributed by atoms with E-state index in [0.717, 1.165) is 17.0 Å². The Bertz CT molecular complexity index is 803. The van der Waals surface area contributed by atoms with Crippen LogP contribution in [0.15, 0.2) is 59.6 Å². The van der Waals surface area contributed by atoms with Crippen molar-refractivity contribution >= 4 is 23.5 Å². The van der Waals surface area contributed by atoms with Gasteiger partial charge in [-0.2, -0.15) is 0 Å². The van der Waals surface area contributed by atoms with Crippen LogP contribution in [0.5, 0.6) is 5.75 Å². The van der Waals surface area contributed by atoms with Gasteiger partial charge in [0.15, 0.2) is 0 Å². The van der Waals surface area contributed by atoms with Gasteiger partial charge in [0, 0.05) is 12.2 Å². The van der Waals surface area contributed by atoms with Gasteiger partial charge >= 0.3 is 0 Å². The van der Waals surface area contributed by atoms with Crippen LogP contribution in [0.4, 0.5) is 5.69 Å². The molecule has 0 saturated heterocycles. The highest BCUT2D eigenvalue weighted by molar-refractivity contribution is 6.08. The van der Waals surface area contributed by atoms with Gasteiger partial charge in [-0.15, -0.1) is 0 Å². The number of nitrogens with zero attached hydrogens (tertiary/aromatic N) is 1. The van der Waals surface area contributed by atoms with Crippen LogP contribution in [-0.4, -0.2) is 30.9 Å². The standard InChI is InChI=1S/C19H20N4O3/c1-26-15-9-7-14(8-10-15)21-19-22-16(11-17(24)23-19)18(25)20-12-13-5-3-2-4-6-13/h2-10,16H,11-12H2,1H3,(H,20,25)(H2,21,22,23,24)/t16-/m0/s1. The minimum atomic E-state index is -0.756. The van der Waals surface area contributed by atoms with E-state index in [-0.39, 0.29) is 24.2 Å². The molecule has 1 aliphatic heterocycles. The maximum absolute atomic E-state index is 12.4. The molecular formula is C19H20N4O3. The number of aliphatic imine (C=N–C) groups is 1. The number of anilines is 1. The van der Waals surface area contributed by atoms with E-state index in [1.807, 2.05) is 30.3 Å². The van der Waals surface area contributed by atoms with Crippen molar-refractivity contribution in [2.45, 2.75) is 19.0 Å². The van der Waals surface area contributed by atoms with E-state index >= 15 is 0 Å². The summed E-state index contributed by atoms with van der Waals surface area (Å²) in [5.41, 5.74) is 1.72. The van der Waals surface area contributed by atoms with Crippen LogP contribution in [0, 0.1) is 0 Å². The molecule has 0 radical (unpaired) electrons. The average molecular weight is 352 g/mol. The Morgan fingerprint density at radius 1 is 1.19 bits per heavy atom. The molecule has 7 nitrogen and oxygen atoms in total. The quantitative estimate of drug-likeness (QED) is 0.763. The second-order valence-corrected chi connectivity index (χ2v) is 5.80. The first-order valence-electron chi connectivity index (χ1n) is 8.24. The van der Waals surface area contributed by atoms with E-state index in [1.165, 1.54) is 0 Å². The molecule has 0 aromatic heterocycles. The van der Waals surface area contributed by atoms with Crippen molar-refractivity contribution in [3.63, 3.8) is 0 Å². The molecule has 26 heavy (non-hydrogen) atoms. The van der Waals surface area contributed by atoms with Crippen molar-refractivity contribution in [3.05, 3.63) is 60.2 Å². The maximum Gasteiger partial charge on any atom is 0.245 e. The van der Waals surface area contributed by atoms with Gasteiger partial charge in [-0.3, -0.25) is 14.9 Å². The topological polar surface area (TPSA) is 91.8 Å². The fourth-order valence-corrected chi connectivity index (χ4v) is 2.52. The SMILES string of the molecule is COc1ccc(NC2=N[C@H](C(=O)NCc3ccccc3)CC(=O)N2)cc1. The minimum Gasteiger partial charge on any atom is -0.497 e. The number of carbonyl (C=O) groups is 2. The van der Waals surface area contributed by atoms with Crippen LogP contribution in [0.3, 0.4) is 0 Å². The van der Waals surface area contributed by atoms with E-state index in [2.05, 4.69) is 20.9 Å². The number of rotatable bonds is 5. The number of methoxy groups -OCH3 is 1. The molecule has 0 bridgehead atoms. The summed E-state index contributed by atoms with van der Waals surface area (Å²) in [4.78, 5) is 28.6. The summed E-state index contributed by atoms with van der Waals surface area (Å²) in [5, 5.41) is 8.46. The van der Waals surface area contributed by atoms with E-state index in [1.54, 1.807) is 31.4 Å². The summed E-state index contributed by atoms with van der Waals surface area (Å²) in [5.74, 6) is 0.447. The molecule has 7 heteroatoms. The third-order valence-corrected chi connectivity index (χ3v) is 3.89. The predicted octanol–water partition coefficient (Wildman–Crippen LogP) is 1.67. The monoisotopic (exact) mass is 352 g/mol. The lowest BCUT2D eigenvalue weighted by Crippen LogP contribution is -2.47. The number of ether oxygens (including phenoxy) is 1. The zero-order valence-electron chi connectivity index (χ0n) is 14.4. The Kier molecular flexibility index (Phi) is 5.48. The molecule has 1 aliphatic rings. The Morgan fingerprint density at radius 2 is 1.92 bits per heavy atom. The predicted molar refractivity (Wildman–Crippen MR) is 98.9 cm³/mol. The van der Waals surface area contributed by atoms with E-state index in [9.17, 15) is 9.59 Å². The van der Waals surface area contributed by atoms with Crippen LogP contribution in [-0.2, 0) is 16.1 Å². The Labute approximate surface area is 151 Å². The molecule has 0 fully saturated rings.